The Labute approximate surface area is 178 Å². The first-order valence-electron chi connectivity index (χ1n) is 5.13. The summed E-state index contributed by atoms with van der Waals surface area (Å²) in [7, 11) is -18.0. The molecule has 0 saturated carbocycles. The maximum absolute atomic E-state index is 9.75. The molecule has 1 aromatic carbocycles. The fraction of sp³-hybridized carbons (Fsp3) is 0.143. The van der Waals surface area contributed by atoms with Gasteiger partial charge in [-0.2, -0.15) is 0 Å². The Bertz CT molecular complexity index is 359. The molecule has 0 heterocycles. The van der Waals surface area contributed by atoms with E-state index in [-0.39, 0.29) is 52.8 Å². The summed E-state index contributed by atoms with van der Waals surface area (Å²) < 4.78 is 117. The van der Waals surface area contributed by atoms with Gasteiger partial charge in [-0.3, -0.25) is 0 Å². The van der Waals surface area contributed by atoms with Crippen molar-refractivity contribution in [1.82, 2.24) is 0 Å². The second-order valence-corrected chi connectivity index (χ2v) is 3.64. The Morgan fingerprint density at radius 2 is 0.875 bits per heavy atom. The van der Waals surface area contributed by atoms with Gasteiger partial charge in [0, 0.05) is 5.02 Å². The molecule has 0 amide bonds. The van der Waals surface area contributed by atoms with Crippen LogP contribution >= 0.6 is 11.6 Å². The van der Waals surface area contributed by atoms with Gasteiger partial charge in [0.2, 0.25) is 0 Å². The van der Waals surface area contributed by atoms with Gasteiger partial charge in [-0.05, 0) is 18.6 Å². The molecule has 0 fully saturated rings. The maximum atomic E-state index is 9.75. The molecule has 0 aliphatic rings. The van der Waals surface area contributed by atoms with E-state index < -0.39 is 21.8 Å². The molecule has 0 spiro atoms. The van der Waals surface area contributed by atoms with E-state index in [9.17, 15) is 51.8 Å². The summed E-state index contributed by atoms with van der Waals surface area (Å²) in [4.78, 5) is 0. The van der Waals surface area contributed by atoms with Gasteiger partial charge in [-0.15, -0.1) is 0 Å². The van der Waals surface area contributed by atoms with Crippen LogP contribution in [0.3, 0.4) is 0 Å². The smallest absolute Gasteiger partial charge is 1.00 e. The molecular formula is C7H8B3ClF12K-3. The fourth-order valence-corrected chi connectivity index (χ4v) is 0.687. The summed E-state index contributed by atoms with van der Waals surface area (Å²) in [6.07, 6.45) is 0. The van der Waals surface area contributed by atoms with Gasteiger partial charge < -0.3 is 53.2 Å². The van der Waals surface area contributed by atoms with Gasteiger partial charge in [-0.1, -0.05) is 29.8 Å². The van der Waals surface area contributed by atoms with Crippen LogP contribution < -0.4 is 51.4 Å². The molecule has 0 aliphatic carbocycles. The first-order valence-corrected chi connectivity index (χ1v) is 5.51. The molecule has 0 unspecified atom stereocenters. The Balaban J connectivity index is -0.0000000714. The second kappa shape index (κ2) is 14.6. The number of hydrogen-bond acceptors (Lipinski definition) is 0. The summed E-state index contributed by atoms with van der Waals surface area (Å²) in [6, 6.07) is 7.77. The molecule has 1 aromatic rings. The predicted molar refractivity (Wildman–Crippen MR) is 67.9 cm³/mol. The van der Waals surface area contributed by atoms with Crippen LogP contribution in [0.2, 0.25) is 5.02 Å². The minimum atomic E-state index is -6.00. The summed E-state index contributed by atoms with van der Waals surface area (Å²) in [5, 5.41) is 0.840. The molecule has 0 atom stereocenters. The van der Waals surface area contributed by atoms with Crippen LogP contribution in [0.4, 0.5) is 51.8 Å². The second-order valence-electron chi connectivity index (χ2n) is 3.23. The maximum Gasteiger partial charge on any atom is 1.00 e. The number of aryl methyl sites for hydroxylation is 1. The van der Waals surface area contributed by atoms with Crippen molar-refractivity contribution < 1.29 is 105 Å². The van der Waals surface area contributed by atoms with E-state index in [4.69, 9.17) is 11.6 Å². The van der Waals surface area contributed by atoms with Crippen molar-refractivity contribution in [2.75, 3.05) is 0 Å². The van der Waals surface area contributed by atoms with E-state index >= 15 is 0 Å². The SMILES string of the molecule is Cc1ccccc1Cl.F[B-](F)(F)F.F[B-](F)(F)F.F[B-](F)(F)F.[H-].[K+]. The van der Waals surface area contributed by atoms with E-state index in [1.54, 1.807) is 0 Å². The zero-order valence-electron chi connectivity index (χ0n) is 13.0. The van der Waals surface area contributed by atoms with Crippen LogP contribution in [0.5, 0.6) is 0 Å². The van der Waals surface area contributed by atoms with E-state index in [0.717, 1.165) is 10.6 Å². The van der Waals surface area contributed by atoms with Crippen molar-refractivity contribution in [2.24, 2.45) is 0 Å². The van der Waals surface area contributed by atoms with E-state index in [1.165, 1.54) is 0 Å². The average molecular weight is 427 g/mol. The van der Waals surface area contributed by atoms with Gasteiger partial charge in [0.25, 0.3) is 0 Å². The topological polar surface area (TPSA) is 0 Å². The number of hydrogen-bond donors (Lipinski definition) is 0. The fourth-order valence-electron chi connectivity index (χ4n) is 0.551. The van der Waals surface area contributed by atoms with Crippen LogP contribution in [-0.4, -0.2) is 21.8 Å². The Morgan fingerprint density at radius 3 is 1.00 bits per heavy atom. The molecule has 0 N–H and O–H groups in total. The third-order valence-corrected chi connectivity index (χ3v) is 1.50. The summed E-state index contributed by atoms with van der Waals surface area (Å²) in [6.45, 7) is 1.99. The van der Waals surface area contributed by atoms with Gasteiger partial charge in [0.15, 0.2) is 0 Å². The Kier molecular flexibility index (Phi) is 19.7. The van der Waals surface area contributed by atoms with Gasteiger partial charge >= 0.3 is 73.1 Å². The molecule has 0 nitrogen and oxygen atoms in total. The van der Waals surface area contributed by atoms with Crippen LogP contribution in [0.1, 0.15) is 6.99 Å². The van der Waals surface area contributed by atoms with Crippen LogP contribution in [-0.2, 0) is 0 Å². The summed E-state index contributed by atoms with van der Waals surface area (Å²) >= 11 is 5.71. The quantitative estimate of drug-likeness (QED) is 0.438. The standard InChI is InChI=1S/C7H7Cl.3BF4.K.H/c1-6-4-2-3-5-7(6)8;3*2-1(3,4)5;;/h2-5H,1H3;;;;;/q;3*-1;+1;-1. The molecule has 0 saturated heterocycles. The predicted octanol–water partition coefficient (Wildman–Crippen LogP) is 3.66. The molecule has 0 radical (unpaired) electrons. The van der Waals surface area contributed by atoms with Crippen molar-refractivity contribution in [1.29, 1.82) is 0 Å². The number of rotatable bonds is 0. The van der Waals surface area contributed by atoms with Crippen molar-refractivity contribution in [3.05, 3.63) is 34.9 Å². The van der Waals surface area contributed by atoms with Crippen molar-refractivity contribution in [2.45, 2.75) is 6.92 Å². The Hall–Kier alpha value is 0.501. The minimum absolute atomic E-state index is 0. The third kappa shape index (κ3) is 78.6. The van der Waals surface area contributed by atoms with Crippen molar-refractivity contribution in [3.8, 4) is 0 Å². The van der Waals surface area contributed by atoms with E-state index in [2.05, 4.69) is 0 Å². The minimum Gasteiger partial charge on any atom is -1.00 e. The van der Waals surface area contributed by atoms with Gasteiger partial charge in [0.1, 0.15) is 0 Å². The van der Waals surface area contributed by atoms with E-state index in [1.807, 2.05) is 31.2 Å². The van der Waals surface area contributed by atoms with E-state index in [0.29, 0.717) is 0 Å². The normalized spacial score (nSPS) is 10.6. The Morgan fingerprint density at radius 1 is 0.667 bits per heavy atom. The molecule has 24 heavy (non-hydrogen) atoms. The zero-order valence-corrected chi connectivity index (χ0v) is 15.8. The summed E-state index contributed by atoms with van der Waals surface area (Å²) in [5.74, 6) is 0. The summed E-state index contributed by atoms with van der Waals surface area (Å²) in [5.41, 5.74) is 1.13. The largest absolute Gasteiger partial charge is 1.00 e. The average Bonchev–Trinajstić information content (AvgIpc) is 2.14. The van der Waals surface area contributed by atoms with Crippen molar-refractivity contribution in [3.63, 3.8) is 0 Å². The molecule has 17 heteroatoms. The van der Waals surface area contributed by atoms with Gasteiger partial charge in [-0.25, -0.2) is 0 Å². The first kappa shape index (κ1) is 32.2. The third-order valence-electron chi connectivity index (χ3n) is 1.08. The first-order chi connectivity index (χ1) is 9.80. The van der Waals surface area contributed by atoms with Crippen LogP contribution in [0, 0.1) is 6.92 Å². The van der Waals surface area contributed by atoms with Crippen LogP contribution in [0.25, 0.3) is 0 Å². The van der Waals surface area contributed by atoms with Crippen LogP contribution in [0.15, 0.2) is 24.3 Å². The van der Waals surface area contributed by atoms with Gasteiger partial charge in [0.05, 0.1) is 0 Å². The number of halogens is 13. The number of benzene rings is 1. The molecule has 140 valence electrons. The van der Waals surface area contributed by atoms with Crippen molar-refractivity contribution >= 4 is 33.4 Å². The molecule has 0 aromatic heterocycles. The molecule has 0 aliphatic heterocycles. The molecule has 0 bridgehead atoms. The monoisotopic (exact) mass is 427 g/mol. The molecule has 1 rings (SSSR count). The zero-order chi connectivity index (χ0) is 19.5. The molecular weight excluding hydrogens is 419 g/mol.